The second kappa shape index (κ2) is 7.72. The highest BCUT2D eigenvalue weighted by Gasteiger charge is 2.13. The lowest BCUT2D eigenvalue weighted by molar-refractivity contribution is 0.126. The van der Waals surface area contributed by atoms with Gasteiger partial charge in [0.2, 0.25) is 5.16 Å². The standard InChI is InChI=1S/C18H19N5O2S/c1-11-12(2)20-17-21-18(22-23(17)13(11)3)26-10-15(24)9-25-16-6-4-14(8-19)5-7-16/h4-7,15,24H,9-10H2,1-3H3/t15-/m1/s1. The van der Waals surface area contributed by atoms with Crippen molar-refractivity contribution >= 4 is 17.5 Å². The molecule has 1 atom stereocenters. The van der Waals surface area contributed by atoms with Crippen molar-refractivity contribution in [3.8, 4) is 11.8 Å². The molecule has 0 radical (unpaired) electrons. The van der Waals surface area contributed by atoms with Gasteiger partial charge in [-0.05, 0) is 50.6 Å². The Morgan fingerprint density at radius 3 is 2.65 bits per heavy atom. The monoisotopic (exact) mass is 369 g/mol. The number of thioether (sulfide) groups is 1. The molecular weight excluding hydrogens is 350 g/mol. The van der Waals surface area contributed by atoms with E-state index >= 15 is 0 Å². The average Bonchev–Trinajstić information content (AvgIpc) is 3.06. The Morgan fingerprint density at radius 2 is 1.96 bits per heavy atom. The third-order valence-electron chi connectivity index (χ3n) is 4.07. The normalized spacial score (nSPS) is 12.1. The molecule has 8 heteroatoms. The molecule has 1 aromatic carbocycles. The number of benzene rings is 1. The SMILES string of the molecule is Cc1nc2nc(SC[C@H](O)COc3ccc(C#N)cc3)nn2c(C)c1C. The number of ether oxygens (including phenoxy) is 1. The van der Waals surface area contributed by atoms with Crippen LogP contribution < -0.4 is 4.74 Å². The zero-order valence-electron chi connectivity index (χ0n) is 14.8. The van der Waals surface area contributed by atoms with E-state index in [1.54, 1.807) is 28.8 Å². The molecule has 0 spiro atoms. The summed E-state index contributed by atoms with van der Waals surface area (Å²) in [6.07, 6.45) is -0.667. The Balaban J connectivity index is 1.57. The van der Waals surface area contributed by atoms with Crippen molar-refractivity contribution in [1.29, 1.82) is 5.26 Å². The van der Waals surface area contributed by atoms with Gasteiger partial charge in [0.15, 0.2) is 0 Å². The molecule has 0 fully saturated rings. The van der Waals surface area contributed by atoms with Crippen molar-refractivity contribution < 1.29 is 9.84 Å². The summed E-state index contributed by atoms with van der Waals surface area (Å²) in [4.78, 5) is 8.85. The van der Waals surface area contributed by atoms with Crippen LogP contribution in [0, 0.1) is 32.1 Å². The third-order valence-corrected chi connectivity index (χ3v) is 5.05. The number of hydrogen-bond acceptors (Lipinski definition) is 7. The van der Waals surface area contributed by atoms with Crippen molar-refractivity contribution in [1.82, 2.24) is 19.6 Å². The van der Waals surface area contributed by atoms with Crippen LogP contribution in [0.4, 0.5) is 0 Å². The van der Waals surface area contributed by atoms with Crippen LogP contribution in [0.25, 0.3) is 5.78 Å². The van der Waals surface area contributed by atoms with Gasteiger partial charge in [-0.3, -0.25) is 0 Å². The lowest BCUT2D eigenvalue weighted by atomic mass is 10.2. The van der Waals surface area contributed by atoms with Crippen LogP contribution in [0.1, 0.15) is 22.5 Å². The van der Waals surface area contributed by atoms with Crippen LogP contribution in [-0.4, -0.2) is 43.2 Å². The van der Waals surface area contributed by atoms with E-state index in [4.69, 9.17) is 10.00 Å². The van der Waals surface area contributed by atoms with Crippen LogP contribution in [-0.2, 0) is 0 Å². The lowest BCUT2D eigenvalue weighted by Gasteiger charge is -2.11. The molecule has 0 aliphatic carbocycles. The maximum Gasteiger partial charge on any atom is 0.253 e. The molecule has 0 amide bonds. The van der Waals surface area contributed by atoms with Crippen LogP contribution in [0.15, 0.2) is 29.4 Å². The van der Waals surface area contributed by atoms with Gasteiger partial charge in [0.1, 0.15) is 12.4 Å². The van der Waals surface area contributed by atoms with E-state index in [-0.39, 0.29) is 6.61 Å². The number of aliphatic hydroxyl groups is 1. The molecule has 0 unspecified atom stereocenters. The summed E-state index contributed by atoms with van der Waals surface area (Å²) in [5, 5.41) is 23.9. The topological polar surface area (TPSA) is 96.3 Å². The first-order valence-electron chi connectivity index (χ1n) is 8.12. The Bertz CT molecular complexity index is 962. The fourth-order valence-electron chi connectivity index (χ4n) is 2.34. The maximum atomic E-state index is 10.1. The number of fused-ring (bicyclic) bond motifs is 1. The van der Waals surface area contributed by atoms with E-state index in [1.807, 2.05) is 20.8 Å². The molecule has 1 N–H and O–H groups in total. The van der Waals surface area contributed by atoms with Crippen molar-refractivity contribution in [2.24, 2.45) is 0 Å². The predicted molar refractivity (Wildman–Crippen MR) is 98.4 cm³/mol. The van der Waals surface area contributed by atoms with E-state index in [1.165, 1.54) is 11.8 Å². The number of nitrogens with zero attached hydrogens (tertiary/aromatic N) is 5. The van der Waals surface area contributed by atoms with Crippen molar-refractivity contribution in [2.45, 2.75) is 32.0 Å². The van der Waals surface area contributed by atoms with Gasteiger partial charge in [0.25, 0.3) is 5.78 Å². The number of hydrogen-bond donors (Lipinski definition) is 1. The molecule has 0 saturated heterocycles. The molecule has 3 rings (SSSR count). The molecule has 134 valence electrons. The number of aryl methyl sites for hydroxylation is 2. The Labute approximate surface area is 155 Å². The summed E-state index contributed by atoms with van der Waals surface area (Å²) in [6.45, 7) is 6.10. The molecule has 0 bridgehead atoms. The fourth-order valence-corrected chi connectivity index (χ4v) is 3.06. The van der Waals surface area contributed by atoms with Crippen LogP contribution in [0.2, 0.25) is 0 Å². The zero-order chi connectivity index (χ0) is 18.7. The Hall–Kier alpha value is -2.63. The largest absolute Gasteiger partial charge is 0.491 e. The molecule has 0 aliphatic heterocycles. The van der Waals surface area contributed by atoms with Gasteiger partial charge in [-0.25, -0.2) is 9.50 Å². The summed E-state index contributed by atoms with van der Waals surface area (Å²) in [5.74, 6) is 1.59. The number of rotatable bonds is 6. The maximum absolute atomic E-state index is 10.1. The molecule has 2 heterocycles. The summed E-state index contributed by atoms with van der Waals surface area (Å²) in [7, 11) is 0. The van der Waals surface area contributed by atoms with E-state index in [2.05, 4.69) is 21.1 Å². The summed E-state index contributed by atoms with van der Waals surface area (Å²) >= 11 is 1.36. The van der Waals surface area contributed by atoms with Crippen molar-refractivity contribution in [3.63, 3.8) is 0 Å². The third kappa shape index (κ3) is 3.95. The number of aromatic nitrogens is 4. The van der Waals surface area contributed by atoms with E-state index in [0.29, 0.717) is 28.0 Å². The molecule has 0 aliphatic rings. The lowest BCUT2D eigenvalue weighted by Crippen LogP contribution is -2.20. The highest BCUT2D eigenvalue weighted by Crippen LogP contribution is 2.19. The summed E-state index contributed by atoms with van der Waals surface area (Å²) in [5.41, 5.74) is 3.61. The number of aliphatic hydroxyl groups excluding tert-OH is 1. The second-order valence-corrected chi connectivity index (χ2v) is 6.91. The molecule has 0 saturated carbocycles. The van der Waals surface area contributed by atoms with Gasteiger partial charge < -0.3 is 9.84 Å². The van der Waals surface area contributed by atoms with Gasteiger partial charge in [0.05, 0.1) is 17.7 Å². The Kier molecular flexibility index (Phi) is 5.40. The van der Waals surface area contributed by atoms with Gasteiger partial charge in [-0.2, -0.15) is 10.2 Å². The minimum atomic E-state index is -0.667. The van der Waals surface area contributed by atoms with Crippen LogP contribution in [0.3, 0.4) is 0 Å². The molecule has 2 aromatic heterocycles. The first-order valence-corrected chi connectivity index (χ1v) is 9.11. The predicted octanol–water partition coefficient (Wildman–Crippen LogP) is 2.45. The van der Waals surface area contributed by atoms with Gasteiger partial charge >= 0.3 is 0 Å². The summed E-state index contributed by atoms with van der Waals surface area (Å²) < 4.78 is 7.26. The van der Waals surface area contributed by atoms with E-state index in [0.717, 1.165) is 17.0 Å². The minimum absolute atomic E-state index is 0.155. The van der Waals surface area contributed by atoms with Crippen molar-refractivity contribution in [3.05, 3.63) is 46.8 Å². The highest BCUT2D eigenvalue weighted by atomic mass is 32.2. The van der Waals surface area contributed by atoms with Gasteiger partial charge in [-0.1, -0.05) is 11.8 Å². The minimum Gasteiger partial charge on any atom is -0.491 e. The van der Waals surface area contributed by atoms with E-state index < -0.39 is 6.10 Å². The van der Waals surface area contributed by atoms with Crippen LogP contribution in [0.5, 0.6) is 5.75 Å². The first kappa shape index (κ1) is 18.2. The average molecular weight is 369 g/mol. The number of nitriles is 1. The highest BCUT2D eigenvalue weighted by molar-refractivity contribution is 7.99. The Morgan fingerprint density at radius 1 is 1.23 bits per heavy atom. The van der Waals surface area contributed by atoms with Gasteiger partial charge in [-0.15, -0.1) is 5.10 Å². The van der Waals surface area contributed by atoms with E-state index in [9.17, 15) is 5.11 Å². The fraction of sp³-hybridized carbons (Fsp3) is 0.333. The second-order valence-electron chi connectivity index (χ2n) is 5.93. The zero-order valence-corrected chi connectivity index (χ0v) is 15.6. The summed E-state index contributed by atoms with van der Waals surface area (Å²) in [6, 6.07) is 8.82. The first-order chi connectivity index (χ1) is 12.5. The molecule has 26 heavy (non-hydrogen) atoms. The molecule has 7 nitrogen and oxygen atoms in total. The quantitative estimate of drug-likeness (QED) is 0.667. The van der Waals surface area contributed by atoms with Crippen molar-refractivity contribution in [2.75, 3.05) is 12.4 Å². The van der Waals surface area contributed by atoms with Gasteiger partial charge in [0, 0.05) is 17.1 Å². The smallest absolute Gasteiger partial charge is 0.253 e. The van der Waals surface area contributed by atoms with Crippen LogP contribution >= 0.6 is 11.8 Å². The molecule has 3 aromatic rings. The molecular formula is C18H19N5O2S.